The van der Waals surface area contributed by atoms with Crippen LogP contribution in [0.4, 0.5) is 0 Å². The molecule has 0 fully saturated rings. The van der Waals surface area contributed by atoms with Crippen LogP contribution < -0.4 is 9.47 Å². The Bertz CT molecular complexity index is 938. The van der Waals surface area contributed by atoms with Crippen molar-refractivity contribution in [3.8, 4) is 22.9 Å². The monoisotopic (exact) mass is 360 g/mol. The Morgan fingerprint density at radius 3 is 2.80 bits per heavy atom. The lowest BCUT2D eigenvalue weighted by atomic mass is 9.97. The van der Waals surface area contributed by atoms with E-state index in [0.717, 1.165) is 6.20 Å². The summed E-state index contributed by atoms with van der Waals surface area (Å²) in [5, 5.41) is 41.9. The fraction of sp³-hybridized carbons (Fsp3) is 0.235. The lowest BCUT2D eigenvalue weighted by Crippen LogP contribution is -2.45. The standard InChI is InChI=1S/C17H13ClN2O5/c1-25-14-11-4-5-17(23,16(21)22)15(11)20(24)8-13(14)12-6-10(18)3-2-9(12)7-19/h2-3,6,8,23H,4-5H2,1H3,(H,21,22). The van der Waals surface area contributed by atoms with E-state index < -0.39 is 11.6 Å². The molecule has 2 N–H and O–H groups in total. The first kappa shape index (κ1) is 17.0. The van der Waals surface area contributed by atoms with Crippen LogP contribution >= 0.6 is 11.6 Å². The molecule has 7 nitrogen and oxygen atoms in total. The van der Waals surface area contributed by atoms with Crippen molar-refractivity contribution in [1.82, 2.24) is 0 Å². The number of nitrogens with zero attached hydrogens (tertiary/aromatic N) is 2. The number of ether oxygens (including phenoxy) is 1. The topological polar surface area (TPSA) is 117 Å². The maximum Gasteiger partial charge on any atom is 0.346 e. The van der Waals surface area contributed by atoms with Gasteiger partial charge < -0.3 is 20.2 Å². The molecule has 0 bridgehead atoms. The second-order valence-electron chi connectivity index (χ2n) is 5.70. The summed E-state index contributed by atoms with van der Waals surface area (Å²) in [4.78, 5) is 11.4. The Morgan fingerprint density at radius 1 is 1.48 bits per heavy atom. The summed E-state index contributed by atoms with van der Waals surface area (Å²) < 4.78 is 5.73. The van der Waals surface area contributed by atoms with Gasteiger partial charge in [-0.25, -0.2) is 4.79 Å². The summed E-state index contributed by atoms with van der Waals surface area (Å²) in [6.45, 7) is 0. The number of hydrogen-bond acceptors (Lipinski definition) is 5. The minimum Gasteiger partial charge on any atom is -0.618 e. The van der Waals surface area contributed by atoms with E-state index in [9.17, 15) is 25.5 Å². The highest BCUT2D eigenvalue weighted by Gasteiger charge is 2.52. The highest BCUT2D eigenvalue weighted by molar-refractivity contribution is 6.31. The number of rotatable bonds is 3. The van der Waals surface area contributed by atoms with Crippen LogP contribution in [0, 0.1) is 16.5 Å². The van der Waals surface area contributed by atoms with Gasteiger partial charge in [-0.05, 0) is 24.6 Å². The number of nitriles is 1. The van der Waals surface area contributed by atoms with Crippen molar-refractivity contribution in [2.24, 2.45) is 0 Å². The fourth-order valence-corrected chi connectivity index (χ4v) is 3.37. The van der Waals surface area contributed by atoms with Crippen LogP contribution in [0.15, 0.2) is 24.4 Å². The predicted molar refractivity (Wildman–Crippen MR) is 87.0 cm³/mol. The summed E-state index contributed by atoms with van der Waals surface area (Å²) >= 11 is 6.01. The van der Waals surface area contributed by atoms with Gasteiger partial charge in [0.05, 0.1) is 29.9 Å². The number of aliphatic hydroxyl groups is 1. The summed E-state index contributed by atoms with van der Waals surface area (Å²) in [5.41, 5.74) is -1.23. The number of halogens is 1. The molecule has 8 heteroatoms. The van der Waals surface area contributed by atoms with Gasteiger partial charge in [0.25, 0.3) is 0 Å². The van der Waals surface area contributed by atoms with E-state index in [-0.39, 0.29) is 29.8 Å². The second kappa shape index (κ2) is 5.92. The number of hydrogen-bond donors (Lipinski definition) is 2. The largest absolute Gasteiger partial charge is 0.618 e. The van der Waals surface area contributed by atoms with E-state index in [0.29, 0.717) is 26.4 Å². The van der Waals surface area contributed by atoms with Crippen LogP contribution in [0.5, 0.6) is 5.75 Å². The Kier molecular flexibility index (Phi) is 4.03. The third kappa shape index (κ3) is 2.47. The van der Waals surface area contributed by atoms with Gasteiger partial charge in [-0.1, -0.05) is 11.6 Å². The van der Waals surface area contributed by atoms with E-state index in [2.05, 4.69) is 0 Å². The Labute approximate surface area is 147 Å². The summed E-state index contributed by atoms with van der Waals surface area (Å²) in [5.74, 6) is -1.25. The second-order valence-corrected chi connectivity index (χ2v) is 6.13. The SMILES string of the molecule is COc1c(-c2cc(Cl)ccc2C#N)c[n+]([O-])c2c1CCC2(O)C(=O)O. The van der Waals surface area contributed by atoms with Crippen molar-refractivity contribution < 1.29 is 24.5 Å². The number of methoxy groups -OCH3 is 1. The zero-order valence-corrected chi connectivity index (χ0v) is 13.9. The van der Waals surface area contributed by atoms with Crippen molar-refractivity contribution in [2.45, 2.75) is 18.4 Å². The molecule has 1 aliphatic carbocycles. The molecule has 1 aromatic carbocycles. The molecule has 0 spiro atoms. The number of carboxylic acids is 1. The lowest BCUT2D eigenvalue weighted by molar-refractivity contribution is -0.620. The molecule has 1 aromatic heterocycles. The highest BCUT2D eigenvalue weighted by atomic mass is 35.5. The number of benzene rings is 1. The molecule has 1 aliphatic rings. The minimum atomic E-state index is -2.27. The van der Waals surface area contributed by atoms with Crippen molar-refractivity contribution in [1.29, 1.82) is 5.26 Å². The zero-order valence-electron chi connectivity index (χ0n) is 13.1. The van der Waals surface area contributed by atoms with Crippen LogP contribution in [-0.4, -0.2) is 23.3 Å². The van der Waals surface area contributed by atoms with Crippen molar-refractivity contribution in [3.63, 3.8) is 0 Å². The maximum absolute atomic E-state index is 12.5. The fourth-order valence-electron chi connectivity index (χ4n) is 3.20. The first-order valence-electron chi connectivity index (χ1n) is 7.32. The average Bonchev–Trinajstić information content (AvgIpc) is 2.94. The molecule has 25 heavy (non-hydrogen) atoms. The zero-order chi connectivity index (χ0) is 18.4. The highest BCUT2D eigenvalue weighted by Crippen LogP contribution is 2.44. The Morgan fingerprint density at radius 2 is 2.20 bits per heavy atom. The third-order valence-corrected chi connectivity index (χ3v) is 4.59. The summed E-state index contributed by atoms with van der Waals surface area (Å²) in [6.07, 6.45) is 1.11. The smallest absolute Gasteiger partial charge is 0.346 e. The third-order valence-electron chi connectivity index (χ3n) is 4.35. The minimum absolute atomic E-state index is 0.139. The molecule has 1 atom stereocenters. The number of pyridine rings is 1. The van der Waals surface area contributed by atoms with Crippen molar-refractivity contribution >= 4 is 17.6 Å². The van der Waals surface area contributed by atoms with Crippen molar-refractivity contribution in [3.05, 3.63) is 51.4 Å². The van der Waals surface area contributed by atoms with E-state index in [1.54, 1.807) is 6.07 Å². The normalized spacial score (nSPS) is 18.5. The molecule has 0 saturated heterocycles. The molecule has 2 aromatic rings. The quantitative estimate of drug-likeness (QED) is 0.636. The van der Waals surface area contributed by atoms with Crippen LogP contribution in [0.3, 0.4) is 0 Å². The molecule has 0 saturated carbocycles. The van der Waals surface area contributed by atoms with Gasteiger partial charge in [-0.15, -0.1) is 0 Å². The van der Waals surface area contributed by atoms with E-state index in [4.69, 9.17) is 16.3 Å². The lowest BCUT2D eigenvalue weighted by Gasteiger charge is -2.19. The first-order valence-corrected chi connectivity index (χ1v) is 7.70. The molecule has 0 amide bonds. The van der Waals surface area contributed by atoms with E-state index in [1.165, 1.54) is 19.2 Å². The molecule has 0 radical (unpaired) electrons. The van der Waals surface area contributed by atoms with Crippen LogP contribution in [0.25, 0.3) is 11.1 Å². The van der Waals surface area contributed by atoms with Gasteiger partial charge >= 0.3 is 5.97 Å². The molecule has 0 aliphatic heterocycles. The molecule has 128 valence electrons. The van der Waals surface area contributed by atoms with Crippen LogP contribution in [0.2, 0.25) is 5.02 Å². The van der Waals surface area contributed by atoms with E-state index in [1.807, 2.05) is 6.07 Å². The van der Waals surface area contributed by atoms with E-state index >= 15 is 0 Å². The molecular formula is C17H13ClN2O5. The molecular weight excluding hydrogens is 348 g/mol. The van der Waals surface area contributed by atoms with Crippen LogP contribution in [0.1, 0.15) is 23.2 Å². The first-order chi connectivity index (χ1) is 11.8. The van der Waals surface area contributed by atoms with Gasteiger partial charge in [-0.3, -0.25) is 0 Å². The number of aliphatic carboxylic acids is 1. The van der Waals surface area contributed by atoms with Crippen LogP contribution in [-0.2, 0) is 16.8 Å². The van der Waals surface area contributed by atoms with Gasteiger partial charge in [0, 0.05) is 17.0 Å². The predicted octanol–water partition coefficient (Wildman–Crippen LogP) is 1.74. The number of aromatic nitrogens is 1. The van der Waals surface area contributed by atoms with Gasteiger partial charge in [0.2, 0.25) is 11.3 Å². The van der Waals surface area contributed by atoms with Gasteiger partial charge in [-0.2, -0.15) is 9.99 Å². The average molecular weight is 361 g/mol. The number of carboxylic acid groups (broad SMARTS) is 1. The number of fused-ring (bicyclic) bond motifs is 1. The Balaban J connectivity index is 2.34. The maximum atomic E-state index is 12.5. The molecule has 1 unspecified atom stereocenters. The van der Waals surface area contributed by atoms with Gasteiger partial charge in [0.15, 0.2) is 6.20 Å². The summed E-state index contributed by atoms with van der Waals surface area (Å²) in [7, 11) is 1.38. The summed E-state index contributed by atoms with van der Waals surface area (Å²) in [6, 6.07) is 6.63. The molecule has 3 rings (SSSR count). The van der Waals surface area contributed by atoms with Gasteiger partial charge in [0.1, 0.15) is 5.75 Å². The van der Waals surface area contributed by atoms with Crippen molar-refractivity contribution in [2.75, 3.05) is 7.11 Å². The molecule has 1 heterocycles. The Hall–Kier alpha value is -2.82. The number of carbonyl (C=O) groups is 1.